The summed E-state index contributed by atoms with van der Waals surface area (Å²) in [5.41, 5.74) is 5.27. The molecule has 0 spiro atoms. The molecule has 4 heteroatoms. The molecule has 1 fully saturated rings. The van der Waals surface area contributed by atoms with Crippen molar-refractivity contribution in [3.05, 3.63) is 41.5 Å². The van der Waals surface area contributed by atoms with Gasteiger partial charge in [0.2, 0.25) is 0 Å². The number of hydrazone groups is 1. The van der Waals surface area contributed by atoms with E-state index in [1.807, 2.05) is 31.2 Å². The van der Waals surface area contributed by atoms with Crippen LogP contribution in [0.25, 0.3) is 0 Å². The van der Waals surface area contributed by atoms with Gasteiger partial charge >= 0.3 is 0 Å². The molecule has 1 aromatic rings. The first-order valence-corrected chi connectivity index (χ1v) is 8.18. The smallest absolute Gasteiger partial charge is 0.277 e. The van der Waals surface area contributed by atoms with Gasteiger partial charge in [-0.3, -0.25) is 4.79 Å². The van der Waals surface area contributed by atoms with Crippen molar-refractivity contribution in [3.63, 3.8) is 0 Å². The summed E-state index contributed by atoms with van der Waals surface area (Å²) in [4.78, 5) is 11.8. The van der Waals surface area contributed by atoms with Gasteiger partial charge < -0.3 is 4.74 Å². The fraction of sp³-hybridized carbons (Fsp3) is 0.474. The molecule has 4 rings (SSSR count). The lowest BCUT2D eigenvalue weighted by Gasteiger charge is -2.55. The van der Waals surface area contributed by atoms with Crippen LogP contribution in [0.2, 0.25) is 0 Å². The second-order valence-corrected chi connectivity index (χ2v) is 7.14. The first-order valence-electron chi connectivity index (χ1n) is 8.18. The van der Waals surface area contributed by atoms with E-state index in [2.05, 4.69) is 30.5 Å². The van der Waals surface area contributed by atoms with E-state index in [0.29, 0.717) is 17.1 Å². The van der Waals surface area contributed by atoms with E-state index in [9.17, 15) is 4.79 Å². The van der Waals surface area contributed by atoms with E-state index in [0.717, 1.165) is 17.9 Å². The highest BCUT2D eigenvalue weighted by Gasteiger charge is 2.50. The topological polar surface area (TPSA) is 50.7 Å². The zero-order valence-corrected chi connectivity index (χ0v) is 14.0. The van der Waals surface area contributed by atoms with Crippen LogP contribution >= 0.6 is 0 Å². The number of hydrogen-bond donors (Lipinski definition) is 1. The molecule has 0 heterocycles. The molecule has 0 aromatic heterocycles. The van der Waals surface area contributed by atoms with Crippen LogP contribution < -0.4 is 10.2 Å². The summed E-state index contributed by atoms with van der Waals surface area (Å²) in [6.45, 7) is 6.60. The van der Waals surface area contributed by atoms with Crippen molar-refractivity contribution in [2.75, 3.05) is 6.61 Å². The Kier molecular flexibility index (Phi) is 4.24. The summed E-state index contributed by atoms with van der Waals surface area (Å²) >= 11 is 0. The predicted octanol–water partition coefficient (Wildman–Crippen LogP) is 3.47. The molecule has 2 bridgehead atoms. The minimum atomic E-state index is -0.245. The van der Waals surface area contributed by atoms with Gasteiger partial charge in [0.1, 0.15) is 5.75 Å². The largest absolute Gasteiger partial charge is 0.484 e. The first-order chi connectivity index (χ1) is 11.0. The summed E-state index contributed by atoms with van der Waals surface area (Å²) in [6.07, 6.45) is 6.42. The molecule has 23 heavy (non-hydrogen) atoms. The van der Waals surface area contributed by atoms with Crippen molar-refractivity contribution in [1.29, 1.82) is 0 Å². The third kappa shape index (κ3) is 3.31. The summed E-state index contributed by atoms with van der Waals surface area (Å²) in [5.74, 6) is 1.83. The lowest BCUT2D eigenvalue weighted by Crippen LogP contribution is -2.48. The number of ether oxygens (including phenoxy) is 1. The number of rotatable bonds is 5. The number of hydrogen-bond acceptors (Lipinski definition) is 3. The molecule has 3 aliphatic carbocycles. The van der Waals surface area contributed by atoms with Gasteiger partial charge in [-0.05, 0) is 60.3 Å². The lowest BCUT2D eigenvalue weighted by atomic mass is 9.49. The second kappa shape index (κ2) is 6.19. The van der Waals surface area contributed by atoms with Gasteiger partial charge in [-0.1, -0.05) is 32.1 Å². The quantitative estimate of drug-likeness (QED) is 0.668. The van der Waals surface area contributed by atoms with Gasteiger partial charge in [0.15, 0.2) is 6.61 Å². The van der Waals surface area contributed by atoms with Crippen LogP contribution in [0.1, 0.15) is 32.3 Å². The highest BCUT2D eigenvalue weighted by atomic mass is 16.5. The Morgan fingerprint density at radius 3 is 3.00 bits per heavy atom. The Bertz CT molecular complexity index is 661. The Balaban J connectivity index is 1.47. The van der Waals surface area contributed by atoms with Crippen LogP contribution in [-0.4, -0.2) is 18.7 Å². The number of aryl methyl sites for hydroxylation is 1. The van der Waals surface area contributed by atoms with Crippen molar-refractivity contribution in [1.82, 2.24) is 5.43 Å². The zero-order chi connectivity index (χ0) is 16.4. The minimum absolute atomic E-state index is 0.0309. The van der Waals surface area contributed by atoms with Gasteiger partial charge in [-0.15, -0.1) is 0 Å². The maximum atomic E-state index is 11.8. The fourth-order valence-electron chi connectivity index (χ4n) is 3.61. The van der Waals surface area contributed by atoms with Crippen LogP contribution in [-0.2, 0) is 4.79 Å². The molecule has 1 N–H and O–H groups in total. The van der Waals surface area contributed by atoms with E-state index >= 15 is 0 Å². The molecule has 4 nitrogen and oxygen atoms in total. The molecule has 3 aliphatic rings. The second-order valence-electron chi connectivity index (χ2n) is 7.14. The maximum absolute atomic E-state index is 11.8. The number of allylic oxidation sites excluding steroid dienone is 2. The van der Waals surface area contributed by atoms with Gasteiger partial charge in [-0.25, -0.2) is 5.43 Å². The molecule has 0 radical (unpaired) electrons. The number of carbonyl (C=O) groups is 1. The van der Waals surface area contributed by atoms with Crippen LogP contribution in [0, 0.1) is 24.2 Å². The van der Waals surface area contributed by atoms with Crippen LogP contribution in [0.15, 0.2) is 41.0 Å². The number of carbonyl (C=O) groups excluding carboxylic acids is 1. The van der Waals surface area contributed by atoms with Crippen molar-refractivity contribution < 1.29 is 9.53 Å². The Morgan fingerprint density at radius 2 is 2.30 bits per heavy atom. The van der Waals surface area contributed by atoms with Crippen molar-refractivity contribution in [2.24, 2.45) is 22.4 Å². The number of benzene rings is 1. The average Bonchev–Trinajstić information content (AvgIpc) is 2.53. The highest BCUT2D eigenvalue weighted by Crippen LogP contribution is 2.58. The molecule has 2 atom stereocenters. The van der Waals surface area contributed by atoms with Gasteiger partial charge in [0.05, 0.1) is 6.21 Å². The maximum Gasteiger partial charge on any atom is 0.277 e. The number of amides is 1. The Labute approximate surface area is 137 Å². The van der Waals surface area contributed by atoms with E-state index in [1.165, 1.54) is 12.0 Å². The van der Waals surface area contributed by atoms with Crippen LogP contribution in [0.4, 0.5) is 0 Å². The molecule has 0 aliphatic heterocycles. The summed E-state index contributed by atoms with van der Waals surface area (Å²) in [7, 11) is 0. The van der Waals surface area contributed by atoms with Crippen LogP contribution in [0.3, 0.4) is 0 Å². The summed E-state index contributed by atoms with van der Waals surface area (Å²) < 4.78 is 5.45. The van der Waals surface area contributed by atoms with Crippen molar-refractivity contribution in [2.45, 2.75) is 33.6 Å². The monoisotopic (exact) mass is 312 g/mol. The number of nitrogens with zero attached hydrogens (tertiary/aromatic N) is 1. The fourth-order valence-corrected chi connectivity index (χ4v) is 3.61. The third-order valence-corrected chi connectivity index (χ3v) is 5.27. The van der Waals surface area contributed by atoms with E-state index in [1.54, 1.807) is 6.21 Å². The highest BCUT2D eigenvalue weighted by molar-refractivity contribution is 5.83. The first kappa shape index (κ1) is 15.8. The van der Waals surface area contributed by atoms with Crippen molar-refractivity contribution >= 4 is 12.1 Å². The molecule has 0 saturated heterocycles. The Morgan fingerprint density at radius 1 is 1.48 bits per heavy atom. The number of nitrogens with one attached hydrogen (secondary N) is 1. The standard InChI is InChI=1S/C19H24N2O2/c1-13-5-4-6-16(9-13)23-12-18(22)21-20-11-14-7-8-15-10-17(14)19(15,2)3/h4-7,9,11,15,17H,8,10,12H2,1-3H3,(H,21,22)/b20-11-/t15-,17-/m1/s1. The van der Waals surface area contributed by atoms with Gasteiger partial charge in [0.25, 0.3) is 5.91 Å². The molecule has 122 valence electrons. The Hall–Kier alpha value is -2.10. The minimum Gasteiger partial charge on any atom is -0.484 e. The zero-order valence-electron chi connectivity index (χ0n) is 14.0. The molecule has 1 aromatic carbocycles. The SMILES string of the molecule is Cc1cccc(OCC(=O)N/N=C\C2=CC[C@@H]3C[C@H]2C3(C)C)c1. The van der Waals surface area contributed by atoms with Crippen LogP contribution in [0.5, 0.6) is 5.75 Å². The molecule has 1 saturated carbocycles. The lowest BCUT2D eigenvalue weighted by molar-refractivity contribution is -0.123. The van der Waals surface area contributed by atoms with Gasteiger partial charge in [0, 0.05) is 0 Å². The molecule has 1 amide bonds. The summed E-state index contributed by atoms with van der Waals surface area (Å²) in [5, 5.41) is 4.09. The predicted molar refractivity (Wildman–Crippen MR) is 91.4 cm³/mol. The molecular formula is C19H24N2O2. The van der Waals surface area contributed by atoms with E-state index in [4.69, 9.17) is 4.74 Å². The average molecular weight is 312 g/mol. The third-order valence-electron chi connectivity index (χ3n) is 5.27. The van der Waals surface area contributed by atoms with E-state index < -0.39 is 0 Å². The van der Waals surface area contributed by atoms with Gasteiger partial charge in [-0.2, -0.15) is 5.10 Å². The van der Waals surface area contributed by atoms with Crippen molar-refractivity contribution in [3.8, 4) is 5.75 Å². The molecular weight excluding hydrogens is 288 g/mol. The summed E-state index contributed by atoms with van der Waals surface area (Å²) in [6, 6.07) is 7.63. The normalized spacial score (nSPS) is 24.7. The number of fused-ring (bicyclic) bond motifs is 1. The molecule has 0 unspecified atom stereocenters. The van der Waals surface area contributed by atoms with E-state index in [-0.39, 0.29) is 12.5 Å².